The fourth-order valence-electron chi connectivity index (χ4n) is 2.61. The Bertz CT molecular complexity index is 1050. The van der Waals surface area contributed by atoms with Crippen molar-refractivity contribution in [2.45, 2.75) is 6.42 Å². The number of hydrogen-bond acceptors (Lipinski definition) is 6. The van der Waals surface area contributed by atoms with Crippen molar-refractivity contribution in [3.05, 3.63) is 71.1 Å². The van der Waals surface area contributed by atoms with Gasteiger partial charge in [0.25, 0.3) is 0 Å². The quantitative estimate of drug-likeness (QED) is 0.562. The number of rotatable bonds is 5. The minimum atomic E-state index is -0.352. The molecule has 1 amide bonds. The lowest BCUT2D eigenvalue weighted by Gasteiger charge is -2.05. The Morgan fingerprint density at radius 1 is 1.19 bits per heavy atom. The van der Waals surface area contributed by atoms with Gasteiger partial charge in [0.05, 0.1) is 17.7 Å². The van der Waals surface area contributed by atoms with Gasteiger partial charge >= 0.3 is 0 Å². The van der Waals surface area contributed by atoms with Crippen molar-refractivity contribution in [2.75, 3.05) is 5.32 Å². The van der Waals surface area contributed by atoms with Gasteiger partial charge in [-0.1, -0.05) is 5.16 Å². The molecule has 1 aromatic carbocycles. The zero-order valence-electron chi connectivity index (χ0n) is 13.9. The van der Waals surface area contributed by atoms with Gasteiger partial charge in [0.1, 0.15) is 17.8 Å². The topological polar surface area (TPSA) is 80.9 Å². The van der Waals surface area contributed by atoms with Gasteiger partial charge in [-0.05, 0) is 52.7 Å². The highest BCUT2D eigenvalue weighted by Crippen LogP contribution is 2.36. The highest BCUT2D eigenvalue weighted by Gasteiger charge is 2.22. The molecule has 3 heterocycles. The molecule has 8 heteroatoms. The summed E-state index contributed by atoms with van der Waals surface area (Å²) in [5, 5.41) is 10.6. The molecule has 0 aliphatic rings. The van der Waals surface area contributed by atoms with E-state index in [0.717, 1.165) is 5.56 Å². The molecule has 27 heavy (non-hydrogen) atoms. The summed E-state index contributed by atoms with van der Waals surface area (Å²) >= 11 is 1.53. The van der Waals surface area contributed by atoms with Crippen LogP contribution in [-0.2, 0) is 11.2 Å². The van der Waals surface area contributed by atoms with Crippen LogP contribution >= 0.6 is 11.3 Å². The van der Waals surface area contributed by atoms with Crippen molar-refractivity contribution < 1.29 is 13.7 Å². The number of carbonyl (C=O) groups is 1. The molecule has 6 nitrogen and oxygen atoms in total. The molecule has 4 rings (SSSR count). The molecule has 0 radical (unpaired) electrons. The van der Waals surface area contributed by atoms with Crippen molar-refractivity contribution in [3.8, 4) is 22.5 Å². The summed E-state index contributed by atoms with van der Waals surface area (Å²) in [6, 6.07) is 9.43. The number of anilines is 1. The van der Waals surface area contributed by atoms with E-state index in [1.165, 1.54) is 29.8 Å². The Hall–Kier alpha value is -3.39. The Morgan fingerprint density at radius 3 is 2.74 bits per heavy atom. The molecule has 0 unspecified atom stereocenters. The van der Waals surface area contributed by atoms with Gasteiger partial charge in [-0.25, -0.2) is 14.4 Å². The number of hydrogen-bond donors (Lipinski definition) is 1. The van der Waals surface area contributed by atoms with E-state index in [4.69, 9.17) is 4.52 Å². The molecule has 4 aromatic rings. The van der Waals surface area contributed by atoms with Crippen LogP contribution in [0.2, 0.25) is 0 Å². The molecule has 0 aliphatic carbocycles. The maximum Gasteiger partial charge on any atom is 0.241 e. The van der Waals surface area contributed by atoms with E-state index in [1.54, 1.807) is 24.4 Å². The number of nitrogens with one attached hydrogen (secondary N) is 1. The largest absolute Gasteiger partial charge is 0.337 e. The van der Waals surface area contributed by atoms with E-state index in [-0.39, 0.29) is 24.0 Å². The molecule has 134 valence electrons. The first-order valence-electron chi connectivity index (χ1n) is 8.03. The number of thiophene rings is 1. The zero-order chi connectivity index (χ0) is 18.6. The van der Waals surface area contributed by atoms with Crippen LogP contribution in [0.3, 0.4) is 0 Å². The van der Waals surface area contributed by atoms with E-state index in [1.807, 2.05) is 16.8 Å². The van der Waals surface area contributed by atoms with Crippen molar-refractivity contribution in [2.24, 2.45) is 0 Å². The summed E-state index contributed by atoms with van der Waals surface area (Å²) in [7, 11) is 0. The monoisotopic (exact) mass is 380 g/mol. The average Bonchev–Trinajstić information content (AvgIpc) is 3.33. The summed E-state index contributed by atoms with van der Waals surface area (Å²) < 4.78 is 18.7. The first-order chi connectivity index (χ1) is 13.2. The summed E-state index contributed by atoms with van der Waals surface area (Å²) in [5.74, 6) is -0.395. The van der Waals surface area contributed by atoms with Crippen LogP contribution in [-0.4, -0.2) is 21.0 Å². The molecule has 1 N–H and O–H groups in total. The Balaban J connectivity index is 1.71. The van der Waals surface area contributed by atoms with Gasteiger partial charge in [0.15, 0.2) is 0 Å². The van der Waals surface area contributed by atoms with E-state index in [2.05, 4.69) is 20.4 Å². The fourth-order valence-corrected chi connectivity index (χ4v) is 3.27. The van der Waals surface area contributed by atoms with Crippen LogP contribution in [0.5, 0.6) is 0 Å². The number of nitrogens with zero attached hydrogens (tertiary/aromatic N) is 3. The number of carbonyl (C=O) groups excluding carboxylic acids is 1. The molecule has 0 atom stereocenters. The second-order valence-electron chi connectivity index (χ2n) is 5.69. The Morgan fingerprint density at radius 2 is 2.04 bits per heavy atom. The smallest absolute Gasteiger partial charge is 0.241 e. The van der Waals surface area contributed by atoms with E-state index in [9.17, 15) is 9.18 Å². The first kappa shape index (κ1) is 17.0. The highest BCUT2D eigenvalue weighted by molar-refractivity contribution is 7.08. The van der Waals surface area contributed by atoms with Gasteiger partial charge in [-0.3, -0.25) is 10.1 Å². The fraction of sp³-hybridized carbons (Fsp3) is 0.0526. The van der Waals surface area contributed by atoms with Gasteiger partial charge < -0.3 is 4.52 Å². The lowest BCUT2D eigenvalue weighted by atomic mass is 10.0. The van der Waals surface area contributed by atoms with Crippen LogP contribution in [0, 0.1) is 5.82 Å². The third-order valence-corrected chi connectivity index (χ3v) is 4.58. The summed E-state index contributed by atoms with van der Waals surface area (Å²) in [6.45, 7) is 0. The van der Waals surface area contributed by atoms with Crippen LogP contribution in [0.1, 0.15) is 5.56 Å². The van der Waals surface area contributed by atoms with Crippen molar-refractivity contribution >= 4 is 23.1 Å². The minimum absolute atomic E-state index is 0.188. The molecule has 0 aliphatic heterocycles. The SMILES string of the molecule is O=C(Cc1ccsc1)Nc1onc(-c2ccc(F)cc2)c1-c1ccncn1. The molecule has 0 saturated carbocycles. The lowest BCUT2D eigenvalue weighted by Crippen LogP contribution is -2.14. The number of amides is 1. The molecule has 0 fully saturated rings. The van der Waals surface area contributed by atoms with Crippen LogP contribution in [0.25, 0.3) is 22.5 Å². The summed E-state index contributed by atoms with van der Waals surface area (Å²) in [5.41, 5.74) is 3.07. The second-order valence-corrected chi connectivity index (χ2v) is 6.47. The first-order valence-corrected chi connectivity index (χ1v) is 8.98. The third kappa shape index (κ3) is 3.75. The maximum absolute atomic E-state index is 13.3. The van der Waals surface area contributed by atoms with E-state index < -0.39 is 0 Å². The van der Waals surface area contributed by atoms with Gasteiger partial charge in [0.2, 0.25) is 11.8 Å². The van der Waals surface area contributed by atoms with Crippen LogP contribution < -0.4 is 5.32 Å². The summed E-state index contributed by atoms with van der Waals surface area (Å²) in [6.07, 6.45) is 3.20. The normalized spacial score (nSPS) is 10.7. The van der Waals surface area contributed by atoms with Gasteiger partial charge in [-0.2, -0.15) is 11.3 Å². The van der Waals surface area contributed by atoms with Crippen molar-refractivity contribution in [3.63, 3.8) is 0 Å². The molecule has 3 aromatic heterocycles. The van der Waals surface area contributed by atoms with Crippen molar-refractivity contribution in [1.82, 2.24) is 15.1 Å². The molecular formula is C19H13FN4O2S. The van der Waals surface area contributed by atoms with Gasteiger partial charge in [-0.15, -0.1) is 0 Å². The molecule has 0 saturated heterocycles. The van der Waals surface area contributed by atoms with Crippen LogP contribution in [0.15, 0.2) is 64.2 Å². The number of benzene rings is 1. The molecule has 0 bridgehead atoms. The maximum atomic E-state index is 13.3. The molecule has 0 spiro atoms. The standard InChI is InChI=1S/C19H13FN4O2S/c20-14-3-1-13(2-4-14)18-17(15-5-7-21-11-22-15)19(26-24-18)23-16(25)9-12-6-8-27-10-12/h1-8,10-11H,9H2,(H,23,25). The Kier molecular flexibility index (Phi) is 4.71. The predicted octanol–water partition coefficient (Wildman–Crippen LogP) is 4.18. The third-order valence-electron chi connectivity index (χ3n) is 3.85. The minimum Gasteiger partial charge on any atom is -0.337 e. The second kappa shape index (κ2) is 7.46. The average molecular weight is 380 g/mol. The Labute approximate surface area is 157 Å². The highest BCUT2D eigenvalue weighted by atomic mass is 32.1. The summed E-state index contributed by atoms with van der Waals surface area (Å²) in [4.78, 5) is 20.5. The van der Waals surface area contributed by atoms with E-state index >= 15 is 0 Å². The number of aromatic nitrogens is 3. The number of halogens is 1. The lowest BCUT2D eigenvalue weighted by molar-refractivity contribution is -0.115. The molecular weight excluding hydrogens is 367 g/mol. The zero-order valence-corrected chi connectivity index (χ0v) is 14.7. The van der Waals surface area contributed by atoms with Gasteiger partial charge in [0, 0.05) is 11.8 Å². The van der Waals surface area contributed by atoms with E-state index in [0.29, 0.717) is 22.5 Å². The van der Waals surface area contributed by atoms with Crippen molar-refractivity contribution in [1.29, 1.82) is 0 Å². The van der Waals surface area contributed by atoms with Crippen LogP contribution in [0.4, 0.5) is 10.3 Å². The predicted molar refractivity (Wildman–Crippen MR) is 99.6 cm³/mol.